The SMILES string of the molecule is CC(N)c1ccc(Br)cc1N(C)CC1CCCCC1. The second kappa shape index (κ2) is 6.76. The minimum atomic E-state index is 0.0805. The van der Waals surface area contributed by atoms with Crippen molar-refractivity contribution in [2.24, 2.45) is 11.7 Å². The number of nitrogens with zero attached hydrogens (tertiary/aromatic N) is 1. The first kappa shape index (κ1) is 14.9. The molecule has 1 aromatic carbocycles. The minimum absolute atomic E-state index is 0.0805. The Hall–Kier alpha value is -0.540. The summed E-state index contributed by atoms with van der Waals surface area (Å²) in [5, 5.41) is 0. The van der Waals surface area contributed by atoms with Crippen molar-refractivity contribution in [1.82, 2.24) is 0 Å². The van der Waals surface area contributed by atoms with E-state index in [0.717, 1.165) is 16.9 Å². The van der Waals surface area contributed by atoms with Crippen molar-refractivity contribution in [2.75, 3.05) is 18.5 Å². The van der Waals surface area contributed by atoms with Crippen LogP contribution in [0, 0.1) is 5.92 Å². The second-order valence-corrected chi connectivity index (χ2v) is 6.79. The molecule has 0 radical (unpaired) electrons. The molecule has 2 nitrogen and oxygen atoms in total. The molecule has 19 heavy (non-hydrogen) atoms. The quantitative estimate of drug-likeness (QED) is 0.884. The normalized spacial score (nSPS) is 18.3. The maximum absolute atomic E-state index is 6.09. The van der Waals surface area contributed by atoms with Gasteiger partial charge in [-0.15, -0.1) is 0 Å². The fourth-order valence-electron chi connectivity index (χ4n) is 3.09. The summed E-state index contributed by atoms with van der Waals surface area (Å²) >= 11 is 3.57. The predicted octanol–water partition coefficient (Wildman–Crippen LogP) is 4.49. The molecule has 1 aliphatic carbocycles. The minimum Gasteiger partial charge on any atom is -0.374 e. The molecule has 0 bridgehead atoms. The van der Waals surface area contributed by atoms with Crippen molar-refractivity contribution in [3.63, 3.8) is 0 Å². The zero-order chi connectivity index (χ0) is 13.8. The monoisotopic (exact) mass is 324 g/mol. The molecule has 0 aromatic heterocycles. The Labute approximate surface area is 125 Å². The summed E-state index contributed by atoms with van der Waals surface area (Å²) in [6.45, 7) is 3.21. The Kier molecular flexibility index (Phi) is 5.28. The fraction of sp³-hybridized carbons (Fsp3) is 0.625. The molecular weight excluding hydrogens is 300 g/mol. The van der Waals surface area contributed by atoms with Crippen LogP contribution in [0.25, 0.3) is 0 Å². The summed E-state index contributed by atoms with van der Waals surface area (Å²) in [5.74, 6) is 0.846. The van der Waals surface area contributed by atoms with Crippen LogP contribution >= 0.6 is 15.9 Å². The number of anilines is 1. The fourth-order valence-corrected chi connectivity index (χ4v) is 3.44. The van der Waals surface area contributed by atoms with Crippen LogP contribution in [0.3, 0.4) is 0 Å². The lowest BCUT2D eigenvalue weighted by molar-refractivity contribution is 0.362. The topological polar surface area (TPSA) is 29.3 Å². The molecule has 0 heterocycles. The standard InChI is InChI=1S/C16H25BrN2/c1-12(18)15-9-8-14(17)10-16(15)19(2)11-13-6-4-3-5-7-13/h8-10,12-13H,3-7,11,18H2,1-2H3. The summed E-state index contributed by atoms with van der Waals surface area (Å²) in [4.78, 5) is 2.39. The molecule has 0 spiro atoms. The average Bonchev–Trinajstić information content (AvgIpc) is 2.39. The van der Waals surface area contributed by atoms with Crippen LogP contribution < -0.4 is 10.6 Å². The molecule has 1 saturated carbocycles. The third kappa shape index (κ3) is 3.96. The Morgan fingerprint density at radius 2 is 2.00 bits per heavy atom. The van der Waals surface area contributed by atoms with Crippen LogP contribution in [-0.2, 0) is 0 Å². The van der Waals surface area contributed by atoms with Gasteiger partial charge in [-0.2, -0.15) is 0 Å². The lowest BCUT2D eigenvalue weighted by atomic mass is 9.89. The molecule has 0 aliphatic heterocycles. The van der Waals surface area contributed by atoms with Gasteiger partial charge >= 0.3 is 0 Å². The van der Waals surface area contributed by atoms with E-state index >= 15 is 0 Å². The van der Waals surface area contributed by atoms with Crippen LogP contribution in [0.4, 0.5) is 5.69 Å². The maximum atomic E-state index is 6.09. The molecule has 2 N–H and O–H groups in total. The first-order chi connectivity index (χ1) is 9.08. The Morgan fingerprint density at radius 1 is 1.32 bits per heavy atom. The first-order valence-electron chi connectivity index (χ1n) is 7.34. The maximum Gasteiger partial charge on any atom is 0.0423 e. The Bertz CT molecular complexity index is 411. The van der Waals surface area contributed by atoms with Gasteiger partial charge in [0.1, 0.15) is 0 Å². The van der Waals surface area contributed by atoms with Crippen molar-refractivity contribution in [2.45, 2.75) is 45.1 Å². The number of rotatable bonds is 4. The predicted molar refractivity (Wildman–Crippen MR) is 86.6 cm³/mol. The van der Waals surface area contributed by atoms with Gasteiger partial charge < -0.3 is 10.6 Å². The van der Waals surface area contributed by atoms with Crippen molar-refractivity contribution >= 4 is 21.6 Å². The van der Waals surface area contributed by atoms with Gasteiger partial charge in [-0.1, -0.05) is 41.3 Å². The number of hydrogen-bond donors (Lipinski definition) is 1. The summed E-state index contributed by atoms with van der Waals surface area (Å²) < 4.78 is 1.13. The molecule has 106 valence electrons. The third-order valence-corrected chi connectivity index (χ3v) is 4.64. The van der Waals surface area contributed by atoms with E-state index in [4.69, 9.17) is 5.73 Å². The largest absolute Gasteiger partial charge is 0.374 e. The zero-order valence-electron chi connectivity index (χ0n) is 12.0. The number of hydrogen-bond acceptors (Lipinski definition) is 2. The molecule has 0 saturated heterocycles. The van der Waals surface area contributed by atoms with Crippen LogP contribution in [-0.4, -0.2) is 13.6 Å². The van der Waals surface area contributed by atoms with Gasteiger partial charge in [-0.25, -0.2) is 0 Å². The Balaban J connectivity index is 2.12. The lowest BCUT2D eigenvalue weighted by Crippen LogP contribution is -2.28. The van der Waals surface area contributed by atoms with Gasteiger partial charge in [0.25, 0.3) is 0 Å². The summed E-state index contributed by atoms with van der Waals surface area (Å²) in [6.07, 6.45) is 6.98. The molecule has 1 aromatic rings. The van der Waals surface area contributed by atoms with E-state index in [1.165, 1.54) is 43.4 Å². The van der Waals surface area contributed by atoms with Crippen molar-refractivity contribution in [1.29, 1.82) is 0 Å². The number of benzene rings is 1. The first-order valence-corrected chi connectivity index (χ1v) is 8.13. The second-order valence-electron chi connectivity index (χ2n) is 5.88. The summed E-state index contributed by atoms with van der Waals surface area (Å²) in [5.41, 5.74) is 8.60. The highest BCUT2D eigenvalue weighted by Gasteiger charge is 2.18. The van der Waals surface area contributed by atoms with Gasteiger partial charge in [0.15, 0.2) is 0 Å². The van der Waals surface area contributed by atoms with Crippen LogP contribution in [0.2, 0.25) is 0 Å². The summed E-state index contributed by atoms with van der Waals surface area (Å²) in [7, 11) is 2.20. The highest BCUT2D eigenvalue weighted by Crippen LogP contribution is 2.31. The smallest absolute Gasteiger partial charge is 0.0423 e. The van der Waals surface area contributed by atoms with E-state index in [9.17, 15) is 0 Å². The van der Waals surface area contributed by atoms with Crippen molar-refractivity contribution in [3.8, 4) is 0 Å². The van der Waals surface area contributed by atoms with Gasteiger partial charge in [-0.3, -0.25) is 0 Å². The third-order valence-electron chi connectivity index (χ3n) is 4.15. The highest BCUT2D eigenvalue weighted by molar-refractivity contribution is 9.10. The molecule has 0 amide bonds. The zero-order valence-corrected chi connectivity index (χ0v) is 13.6. The molecule has 3 heteroatoms. The van der Waals surface area contributed by atoms with E-state index in [0.29, 0.717) is 0 Å². The number of halogens is 1. The van der Waals surface area contributed by atoms with E-state index in [1.54, 1.807) is 0 Å². The van der Waals surface area contributed by atoms with E-state index in [2.05, 4.69) is 53.0 Å². The van der Waals surface area contributed by atoms with Crippen LogP contribution in [0.15, 0.2) is 22.7 Å². The molecule has 2 rings (SSSR count). The Morgan fingerprint density at radius 3 is 2.63 bits per heavy atom. The molecule has 1 unspecified atom stereocenters. The molecule has 1 aliphatic rings. The van der Waals surface area contributed by atoms with Crippen LogP contribution in [0.5, 0.6) is 0 Å². The van der Waals surface area contributed by atoms with Gasteiger partial charge in [-0.05, 0) is 43.4 Å². The highest BCUT2D eigenvalue weighted by atomic mass is 79.9. The van der Waals surface area contributed by atoms with Gasteiger partial charge in [0, 0.05) is 29.8 Å². The van der Waals surface area contributed by atoms with E-state index in [-0.39, 0.29) is 6.04 Å². The molecule has 1 fully saturated rings. The average molecular weight is 325 g/mol. The lowest BCUT2D eigenvalue weighted by Gasteiger charge is -2.30. The van der Waals surface area contributed by atoms with E-state index in [1.807, 2.05) is 0 Å². The van der Waals surface area contributed by atoms with Gasteiger partial charge in [0.05, 0.1) is 0 Å². The van der Waals surface area contributed by atoms with E-state index < -0.39 is 0 Å². The summed E-state index contributed by atoms with van der Waals surface area (Å²) in [6, 6.07) is 6.50. The molecular formula is C16H25BrN2. The van der Waals surface area contributed by atoms with Crippen LogP contribution in [0.1, 0.15) is 50.6 Å². The number of nitrogens with two attached hydrogens (primary N) is 1. The van der Waals surface area contributed by atoms with Gasteiger partial charge in [0.2, 0.25) is 0 Å². The van der Waals surface area contributed by atoms with Crippen molar-refractivity contribution < 1.29 is 0 Å². The molecule has 1 atom stereocenters. The van der Waals surface area contributed by atoms with Crippen molar-refractivity contribution in [3.05, 3.63) is 28.2 Å².